The maximum Gasteiger partial charge on any atom is 0.220 e. The van der Waals surface area contributed by atoms with E-state index in [2.05, 4.69) is 41.7 Å². The molecule has 2 aromatic rings. The molecule has 0 saturated carbocycles. The first kappa shape index (κ1) is 15.3. The molecule has 0 saturated heterocycles. The van der Waals surface area contributed by atoms with E-state index in [0.717, 1.165) is 32.2 Å². The van der Waals surface area contributed by atoms with Gasteiger partial charge in [-0.3, -0.25) is 4.79 Å². The van der Waals surface area contributed by atoms with Crippen LogP contribution < -0.4 is 5.32 Å². The van der Waals surface area contributed by atoms with E-state index < -0.39 is 0 Å². The zero-order valence-electron chi connectivity index (χ0n) is 12.4. The van der Waals surface area contributed by atoms with Crippen molar-refractivity contribution < 1.29 is 4.79 Å². The lowest BCUT2D eigenvalue weighted by Gasteiger charge is -2.05. The van der Waals surface area contributed by atoms with Gasteiger partial charge >= 0.3 is 0 Å². The quantitative estimate of drug-likeness (QED) is 0.733. The molecular weight excluding hydrogens is 258 g/mol. The lowest BCUT2D eigenvalue weighted by atomic mass is 10.1. The van der Waals surface area contributed by atoms with Crippen LogP contribution in [0.5, 0.6) is 0 Å². The van der Waals surface area contributed by atoms with Gasteiger partial charge < -0.3 is 5.32 Å². The van der Waals surface area contributed by atoms with Crippen LogP contribution in [0, 0.1) is 0 Å². The lowest BCUT2D eigenvalue weighted by Crippen LogP contribution is -2.24. The molecule has 2 heteroatoms. The Morgan fingerprint density at radius 3 is 1.95 bits per heavy atom. The highest BCUT2D eigenvalue weighted by Crippen LogP contribution is 2.04. The fraction of sp³-hybridized carbons (Fsp3) is 0.316. The third kappa shape index (κ3) is 6.26. The van der Waals surface area contributed by atoms with Gasteiger partial charge in [-0.25, -0.2) is 0 Å². The summed E-state index contributed by atoms with van der Waals surface area (Å²) in [6.45, 7) is 0.778. The van der Waals surface area contributed by atoms with Gasteiger partial charge in [0, 0.05) is 13.0 Å². The predicted molar refractivity (Wildman–Crippen MR) is 87.2 cm³/mol. The first-order valence-corrected chi connectivity index (χ1v) is 7.69. The predicted octanol–water partition coefficient (Wildman–Crippen LogP) is 3.76. The Morgan fingerprint density at radius 2 is 1.33 bits per heavy atom. The van der Waals surface area contributed by atoms with Crippen LogP contribution in [0.4, 0.5) is 0 Å². The molecule has 2 rings (SSSR count). The van der Waals surface area contributed by atoms with Crippen molar-refractivity contribution in [2.75, 3.05) is 6.54 Å². The van der Waals surface area contributed by atoms with Crippen molar-refractivity contribution in [2.45, 2.75) is 32.1 Å². The minimum atomic E-state index is 0.151. The molecule has 0 radical (unpaired) electrons. The average molecular weight is 281 g/mol. The maximum atomic E-state index is 11.7. The fourth-order valence-electron chi connectivity index (χ4n) is 2.32. The minimum Gasteiger partial charge on any atom is -0.356 e. The summed E-state index contributed by atoms with van der Waals surface area (Å²) in [4.78, 5) is 11.7. The number of carbonyl (C=O) groups excluding carboxylic acids is 1. The monoisotopic (exact) mass is 281 g/mol. The number of nitrogens with one attached hydrogen (secondary N) is 1. The highest BCUT2D eigenvalue weighted by Gasteiger charge is 2.01. The molecule has 0 aliphatic carbocycles. The number of unbranched alkanes of at least 4 members (excludes halogenated alkanes) is 1. The van der Waals surface area contributed by atoms with E-state index in [9.17, 15) is 4.79 Å². The first-order chi connectivity index (χ1) is 10.3. The third-order valence-corrected chi connectivity index (χ3v) is 3.54. The van der Waals surface area contributed by atoms with Gasteiger partial charge in [0.2, 0.25) is 5.91 Å². The number of benzene rings is 2. The molecule has 0 spiro atoms. The molecule has 2 aromatic carbocycles. The van der Waals surface area contributed by atoms with E-state index >= 15 is 0 Å². The summed E-state index contributed by atoms with van der Waals surface area (Å²) in [6.07, 6.45) is 4.62. The Kier molecular flexibility index (Phi) is 6.53. The van der Waals surface area contributed by atoms with Crippen molar-refractivity contribution in [1.82, 2.24) is 5.32 Å². The molecule has 0 aliphatic rings. The van der Waals surface area contributed by atoms with E-state index in [-0.39, 0.29) is 5.91 Å². The van der Waals surface area contributed by atoms with Crippen molar-refractivity contribution in [1.29, 1.82) is 0 Å². The second kappa shape index (κ2) is 8.96. The van der Waals surface area contributed by atoms with Crippen molar-refractivity contribution in [2.24, 2.45) is 0 Å². The van der Waals surface area contributed by atoms with Crippen LogP contribution in [0.15, 0.2) is 60.7 Å². The Bertz CT molecular complexity index is 522. The summed E-state index contributed by atoms with van der Waals surface area (Å²) in [5.41, 5.74) is 2.59. The normalized spacial score (nSPS) is 10.3. The summed E-state index contributed by atoms with van der Waals surface area (Å²) < 4.78 is 0. The van der Waals surface area contributed by atoms with Crippen LogP contribution in [-0.2, 0) is 17.6 Å². The standard InChI is InChI=1S/C19H23NO/c21-19(15-14-18-11-5-2-6-12-18)20-16-8-7-13-17-9-3-1-4-10-17/h1-6,9-12H,7-8,13-16H2,(H,20,21). The zero-order valence-corrected chi connectivity index (χ0v) is 12.4. The molecule has 1 amide bonds. The van der Waals surface area contributed by atoms with Gasteiger partial charge in [-0.1, -0.05) is 60.7 Å². The molecular formula is C19H23NO. The molecule has 0 aliphatic heterocycles. The van der Waals surface area contributed by atoms with Gasteiger partial charge in [0.15, 0.2) is 0 Å². The van der Waals surface area contributed by atoms with Gasteiger partial charge in [-0.15, -0.1) is 0 Å². The third-order valence-electron chi connectivity index (χ3n) is 3.54. The number of hydrogen-bond donors (Lipinski definition) is 1. The molecule has 1 N–H and O–H groups in total. The molecule has 21 heavy (non-hydrogen) atoms. The van der Waals surface area contributed by atoms with Crippen molar-refractivity contribution in [3.05, 3.63) is 71.8 Å². The topological polar surface area (TPSA) is 29.1 Å². The fourth-order valence-corrected chi connectivity index (χ4v) is 2.32. The Balaban J connectivity index is 1.53. The Morgan fingerprint density at radius 1 is 0.762 bits per heavy atom. The average Bonchev–Trinajstić information content (AvgIpc) is 2.54. The van der Waals surface area contributed by atoms with Crippen LogP contribution in [0.3, 0.4) is 0 Å². The second-order valence-corrected chi connectivity index (χ2v) is 5.28. The highest BCUT2D eigenvalue weighted by atomic mass is 16.1. The summed E-state index contributed by atoms with van der Waals surface area (Å²) in [6, 6.07) is 20.6. The van der Waals surface area contributed by atoms with Crippen LogP contribution >= 0.6 is 0 Å². The van der Waals surface area contributed by atoms with Gasteiger partial charge in [-0.2, -0.15) is 0 Å². The van der Waals surface area contributed by atoms with Crippen LogP contribution in [0.25, 0.3) is 0 Å². The number of amides is 1. The summed E-state index contributed by atoms with van der Waals surface area (Å²) in [5.74, 6) is 0.151. The van der Waals surface area contributed by atoms with Crippen molar-refractivity contribution >= 4 is 5.91 Å². The molecule has 0 atom stereocenters. The molecule has 110 valence electrons. The number of aryl methyl sites for hydroxylation is 2. The van der Waals surface area contributed by atoms with Crippen LogP contribution in [0.2, 0.25) is 0 Å². The van der Waals surface area contributed by atoms with E-state index in [4.69, 9.17) is 0 Å². The number of rotatable bonds is 8. The van der Waals surface area contributed by atoms with E-state index in [1.54, 1.807) is 0 Å². The molecule has 2 nitrogen and oxygen atoms in total. The van der Waals surface area contributed by atoms with E-state index in [1.165, 1.54) is 11.1 Å². The number of hydrogen-bond acceptors (Lipinski definition) is 1. The van der Waals surface area contributed by atoms with Crippen molar-refractivity contribution in [3.63, 3.8) is 0 Å². The van der Waals surface area contributed by atoms with Gasteiger partial charge in [0.25, 0.3) is 0 Å². The highest BCUT2D eigenvalue weighted by molar-refractivity contribution is 5.76. The number of carbonyl (C=O) groups is 1. The summed E-state index contributed by atoms with van der Waals surface area (Å²) >= 11 is 0. The Labute approximate surface area is 127 Å². The minimum absolute atomic E-state index is 0.151. The largest absolute Gasteiger partial charge is 0.356 e. The smallest absolute Gasteiger partial charge is 0.220 e. The van der Waals surface area contributed by atoms with Gasteiger partial charge in [-0.05, 0) is 36.8 Å². The molecule has 0 aromatic heterocycles. The van der Waals surface area contributed by atoms with Gasteiger partial charge in [0.1, 0.15) is 0 Å². The lowest BCUT2D eigenvalue weighted by molar-refractivity contribution is -0.121. The van der Waals surface area contributed by atoms with Crippen LogP contribution in [-0.4, -0.2) is 12.5 Å². The van der Waals surface area contributed by atoms with Gasteiger partial charge in [0.05, 0.1) is 0 Å². The molecule has 0 bridgehead atoms. The molecule has 0 heterocycles. The Hall–Kier alpha value is -2.09. The van der Waals surface area contributed by atoms with Crippen molar-refractivity contribution in [3.8, 4) is 0 Å². The summed E-state index contributed by atoms with van der Waals surface area (Å²) in [7, 11) is 0. The second-order valence-electron chi connectivity index (χ2n) is 5.28. The van der Waals surface area contributed by atoms with Crippen LogP contribution in [0.1, 0.15) is 30.4 Å². The summed E-state index contributed by atoms with van der Waals surface area (Å²) in [5, 5.41) is 3.00. The molecule has 0 fully saturated rings. The maximum absolute atomic E-state index is 11.7. The first-order valence-electron chi connectivity index (χ1n) is 7.69. The van der Waals surface area contributed by atoms with E-state index in [1.807, 2.05) is 24.3 Å². The SMILES string of the molecule is O=C(CCc1ccccc1)NCCCCc1ccccc1. The van der Waals surface area contributed by atoms with E-state index in [0.29, 0.717) is 6.42 Å². The molecule has 0 unspecified atom stereocenters. The zero-order chi connectivity index (χ0) is 14.8.